The fraction of sp³-hybridized carbons (Fsp3) is 0.424. The molecule has 2 aromatic rings. The summed E-state index contributed by atoms with van der Waals surface area (Å²) in [5.74, 6) is -7.10. The second-order valence-corrected chi connectivity index (χ2v) is 12.6. The fourth-order valence-electron chi connectivity index (χ4n) is 7.91. The van der Waals surface area contributed by atoms with E-state index in [1.54, 1.807) is 39.8 Å². The van der Waals surface area contributed by atoms with Crippen LogP contribution in [0.15, 0.2) is 59.1 Å². The van der Waals surface area contributed by atoms with Crippen LogP contribution in [-0.4, -0.2) is 54.6 Å². The summed E-state index contributed by atoms with van der Waals surface area (Å²) in [6.07, 6.45) is -1.65. The summed E-state index contributed by atoms with van der Waals surface area (Å²) < 4.78 is 0. The number of allylic oxidation sites excluding steroid dienone is 1. The molecule has 0 aromatic heterocycles. The van der Waals surface area contributed by atoms with Crippen molar-refractivity contribution in [2.75, 3.05) is 0 Å². The van der Waals surface area contributed by atoms with E-state index in [9.17, 15) is 39.9 Å². The van der Waals surface area contributed by atoms with Crippen LogP contribution in [0.3, 0.4) is 0 Å². The average molecular weight is 561 g/mol. The predicted octanol–water partition coefficient (Wildman–Crippen LogP) is 4.85. The van der Waals surface area contributed by atoms with E-state index in [0.717, 1.165) is 12.5 Å². The lowest BCUT2D eigenvalue weighted by Crippen LogP contribution is -2.73. The minimum absolute atomic E-state index is 0.0946. The second-order valence-electron chi connectivity index (χ2n) is 12.6. The highest BCUT2D eigenvalue weighted by molar-refractivity contribution is 6.25. The van der Waals surface area contributed by atoms with Gasteiger partial charge in [0.15, 0.2) is 17.2 Å². The highest BCUT2D eigenvalue weighted by Gasteiger charge is 2.76. The van der Waals surface area contributed by atoms with Crippen molar-refractivity contribution in [3.05, 3.63) is 75.8 Å². The zero-order valence-corrected chi connectivity index (χ0v) is 24.2. The van der Waals surface area contributed by atoms with Gasteiger partial charge in [-0.1, -0.05) is 76.6 Å². The van der Waals surface area contributed by atoms with Crippen LogP contribution in [-0.2, 0) is 9.59 Å². The Labute approximate surface area is 238 Å². The molecule has 0 saturated carbocycles. The Balaban J connectivity index is 1.85. The molecule has 0 amide bonds. The number of fused-ring (bicyclic) bond motifs is 3. The summed E-state index contributed by atoms with van der Waals surface area (Å²) in [7, 11) is 0. The molecule has 2 aromatic carbocycles. The number of aliphatic hydroxyl groups is 4. The van der Waals surface area contributed by atoms with Crippen molar-refractivity contribution in [3.8, 4) is 16.9 Å². The number of ketones is 3. The maximum atomic E-state index is 14.3. The van der Waals surface area contributed by atoms with E-state index in [1.165, 1.54) is 6.92 Å². The quantitative estimate of drug-likeness (QED) is 0.334. The van der Waals surface area contributed by atoms with Crippen LogP contribution in [0.5, 0.6) is 5.75 Å². The van der Waals surface area contributed by atoms with Crippen molar-refractivity contribution in [2.24, 2.45) is 22.7 Å². The summed E-state index contributed by atoms with van der Waals surface area (Å²) in [5.41, 5.74) is -5.06. The Hall–Kier alpha value is -3.75. The molecule has 3 aliphatic rings. The maximum Gasteiger partial charge on any atom is 0.209 e. The van der Waals surface area contributed by atoms with Crippen molar-refractivity contribution in [1.29, 1.82) is 0 Å². The molecule has 8 heteroatoms. The third kappa shape index (κ3) is 3.26. The molecule has 0 saturated heterocycles. The molecule has 5 rings (SSSR count). The lowest BCUT2D eigenvalue weighted by Gasteiger charge is -2.63. The van der Waals surface area contributed by atoms with Gasteiger partial charge in [-0.15, -0.1) is 0 Å². The second kappa shape index (κ2) is 8.87. The Morgan fingerprint density at radius 2 is 1.56 bits per heavy atom. The topological polar surface area (TPSA) is 152 Å². The van der Waals surface area contributed by atoms with Crippen LogP contribution < -0.4 is 0 Å². The van der Waals surface area contributed by atoms with Crippen molar-refractivity contribution in [3.63, 3.8) is 0 Å². The van der Waals surface area contributed by atoms with E-state index in [4.69, 9.17) is 0 Å². The van der Waals surface area contributed by atoms with E-state index >= 15 is 0 Å². The Kier molecular flexibility index (Phi) is 6.23. The van der Waals surface area contributed by atoms with Gasteiger partial charge in [0.1, 0.15) is 22.8 Å². The van der Waals surface area contributed by atoms with Gasteiger partial charge in [0.2, 0.25) is 5.78 Å². The van der Waals surface area contributed by atoms with Gasteiger partial charge in [-0.3, -0.25) is 14.4 Å². The summed E-state index contributed by atoms with van der Waals surface area (Å²) in [6, 6.07) is 10.8. The molecular formula is C33H36O8. The van der Waals surface area contributed by atoms with Gasteiger partial charge in [0.25, 0.3) is 0 Å². The highest BCUT2D eigenvalue weighted by atomic mass is 16.4. The zero-order chi connectivity index (χ0) is 30.6. The summed E-state index contributed by atoms with van der Waals surface area (Å²) in [6.45, 7) is 11.1. The number of phenols is 1. The van der Waals surface area contributed by atoms with Crippen LogP contribution in [0.1, 0.15) is 68.9 Å². The van der Waals surface area contributed by atoms with Crippen LogP contribution in [0, 0.1) is 29.6 Å². The van der Waals surface area contributed by atoms with E-state index in [1.807, 2.05) is 31.2 Å². The monoisotopic (exact) mass is 560 g/mol. The van der Waals surface area contributed by atoms with Crippen molar-refractivity contribution >= 4 is 17.3 Å². The molecule has 8 nitrogen and oxygen atoms in total. The molecule has 3 aliphatic carbocycles. The van der Waals surface area contributed by atoms with Crippen LogP contribution >= 0.6 is 0 Å². The highest BCUT2D eigenvalue weighted by Crippen LogP contribution is 2.67. The number of hydrogen-bond donors (Lipinski definition) is 5. The van der Waals surface area contributed by atoms with Gasteiger partial charge >= 0.3 is 0 Å². The van der Waals surface area contributed by atoms with Gasteiger partial charge in [0, 0.05) is 22.3 Å². The zero-order valence-electron chi connectivity index (χ0n) is 24.2. The Bertz CT molecular complexity index is 1600. The minimum Gasteiger partial charge on any atom is -0.511 e. The summed E-state index contributed by atoms with van der Waals surface area (Å²) in [4.78, 5) is 40.7. The standard InChI is InChI=1S/C33H36O8/c1-14(2)23-26(36)21(17(5)34)28(38)33(41)29(39)24-27(37)22-19(16(4)31(24,6)30(40)32(23,33)7)12-13-20(25(22)35)18-10-8-15(3)9-11-18/h8-14,16,23,30,35-36,39-41H,1-7H3/t16-,23?,30-,31+,32+,33+/m1/s1. The molecule has 6 atom stereocenters. The number of aliphatic hydroxyl groups excluding tert-OH is 3. The van der Waals surface area contributed by atoms with E-state index in [-0.39, 0.29) is 11.3 Å². The third-order valence-electron chi connectivity index (χ3n) is 10.2. The molecule has 0 heterocycles. The number of carbonyl (C=O) groups excluding carboxylic acids is 3. The Morgan fingerprint density at radius 1 is 0.976 bits per heavy atom. The molecule has 0 fully saturated rings. The number of hydrogen-bond acceptors (Lipinski definition) is 8. The first-order valence-electron chi connectivity index (χ1n) is 13.8. The van der Waals surface area contributed by atoms with Gasteiger partial charge in [-0.25, -0.2) is 0 Å². The molecular weight excluding hydrogens is 524 g/mol. The molecule has 41 heavy (non-hydrogen) atoms. The predicted molar refractivity (Wildman–Crippen MR) is 152 cm³/mol. The molecule has 5 N–H and O–H groups in total. The van der Waals surface area contributed by atoms with Crippen molar-refractivity contribution in [2.45, 2.75) is 66.1 Å². The fourth-order valence-corrected chi connectivity index (χ4v) is 7.91. The van der Waals surface area contributed by atoms with Gasteiger partial charge in [-0.05, 0) is 36.8 Å². The molecule has 0 spiro atoms. The average Bonchev–Trinajstić information content (AvgIpc) is 2.89. The SMILES string of the molecule is CC(=O)C1=C(O)C(C(C)C)[C@@]2(C)[C@H](O)[C@]3(C)C(=C(O)[C@@]2(O)C1=O)C(=O)c1c(ccc(-c2ccc(C)cc2)c1O)[C@H]3C. The largest absolute Gasteiger partial charge is 0.511 e. The third-order valence-corrected chi connectivity index (χ3v) is 10.2. The molecule has 0 radical (unpaired) electrons. The van der Waals surface area contributed by atoms with E-state index in [0.29, 0.717) is 16.7 Å². The summed E-state index contributed by atoms with van der Waals surface area (Å²) in [5, 5.41) is 59.0. The van der Waals surface area contributed by atoms with Crippen LogP contribution in [0.4, 0.5) is 0 Å². The molecule has 0 bridgehead atoms. The lowest BCUT2D eigenvalue weighted by atomic mass is 9.41. The van der Waals surface area contributed by atoms with Crippen molar-refractivity contribution < 1.29 is 39.9 Å². The molecule has 0 aliphatic heterocycles. The van der Waals surface area contributed by atoms with Crippen molar-refractivity contribution in [1.82, 2.24) is 0 Å². The number of aryl methyl sites for hydroxylation is 1. The van der Waals surface area contributed by atoms with Gasteiger partial charge < -0.3 is 25.5 Å². The number of carbonyl (C=O) groups is 3. The van der Waals surface area contributed by atoms with Gasteiger partial charge in [-0.2, -0.15) is 0 Å². The Morgan fingerprint density at radius 3 is 2.10 bits per heavy atom. The number of Topliss-reactive ketones (excluding diaryl/α,β-unsaturated/α-hetero) is 3. The van der Waals surface area contributed by atoms with Crippen LogP contribution in [0.25, 0.3) is 11.1 Å². The number of aromatic hydroxyl groups is 1. The van der Waals surface area contributed by atoms with E-state index < -0.39 is 80.3 Å². The van der Waals surface area contributed by atoms with E-state index in [2.05, 4.69) is 0 Å². The molecule has 216 valence electrons. The number of rotatable bonds is 3. The first kappa shape index (κ1) is 28.8. The number of benzene rings is 2. The normalized spacial score (nSPS) is 33.1. The lowest BCUT2D eigenvalue weighted by molar-refractivity contribution is -0.211. The first-order valence-corrected chi connectivity index (χ1v) is 13.8. The summed E-state index contributed by atoms with van der Waals surface area (Å²) >= 11 is 0. The number of phenolic OH excluding ortho intramolecular Hbond substituents is 1. The van der Waals surface area contributed by atoms with Crippen LogP contribution in [0.2, 0.25) is 0 Å². The smallest absolute Gasteiger partial charge is 0.209 e. The first-order chi connectivity index (χ1) is 19.0. The van der Waals surface area contributed by atoms with Gasteiger partial charge in [0.05, 0.1) is 17.2 Å². The maximum absolute atomic E-state index is 14.3. The molecule has 1 unspecified atom stereocenters. The minimum atomic E-state index is -2.90.